The molecule has 0 saturated carbocycles. The third-order valence-electron chi connectivity index (χ3n) is 17.4. The van der Waals surface area contributed by atoms with E-state index in [0.717, 1.165) is 13.8 Å². The van der Waals surface area contributed by atoms with E-state index in [9.17, 15) is 122 Å². The van der Waals surface area contributed by atoms with Crippen LogP contribution in [-0.4, -0.2) is 409 Å². The fraction of sp³-hybridized carbons (Fsp3) is 0.962. The Morgan fingerprint density at radius 1 is 0.301 bits per heavy atom. The van der Waals surface area contributed by atoms with Gasteiger partial charge in [-0.3, -0.25) is 9.59 Å². The van der Waals surface area contributed by atoms with Crippen LogP contribution in [0.15, 0.2) is 0 Å². The van der Waals surface area contributed by atoms with E-state index in [2.05, 4.69) is 10.6 Å². The van der Waals surface area contributed by atoms with Crippen molar-refractivity contribution in [2.24, 2.45) is 0 Å². The van der Waals surface area contributed by atoms with Gasteiger partial charge in [0.25, 0.3) is 0 Å². The van der Waals surface area contributed by atoms with Crippen molar-refractivity contribution in [2.75, 3.05) is 39.6 Å². The number of carbonyl (C=O) groups is 2. The van der Waals surface area contributed by atoms with Gasteiger partial charge in [0.2, 0.25) is 11.8 Å². The van der Waals surface area contributed by atoms with E-state index in [-0.39, 0.29) is 0 Å². The number of aliphatic hydroxyl groups excluding tert-OH is 22. The number of rotatable bonds is 22. The van der Waals surface area contributed by atoms with Crippen molar-refractivity contribution in [1.82, 2.24) is 10.6 Å². The molecule has 0 aliphatic carbocycles. The van der Waals surface area contributed by atoms with E-state index in [4.69, 9.17) is 71.1 Å². The molecule has 40 atom stereocenters. The molecule has 93 heavy (non-hydrogen) atoms. The minimum atomic E-state index is -2.42. The second kappa shape index (κ2) is 32.6. The fourth-order valence-corrected chi connectivity index (χ4v) is 12.1. The van der Waals surface area contributed by atoms with Crippen LogP contribution in [-0.2, 0) is 80.6 Å². The molecule has 0 aromatic heterocycles. The van der Waals surface area contributed by atoms with Crippen LogP contribution in [0.3, 0.4) is 0 Å². The van der Waals surface area contributed by atoms with Crippen LogP contribution in [0.2, 0.25) is 0 Å². The van der Waals surface area contributed by atoms with E-state index < -0.39 is 297 Å². The first-order valence-electron chi connectivity index (χ1n) is 29.9. The van der Waals surface area contributed by atoms with Crippen molar-refractivity contribution >= 4 is 11.8 Å². The predicted octanol–water partition coefficient (Wildman–Crippen LogP) is -16.1. The van der Waals surface area contributed by atoms with Crippen LogP contribution in [0.1, 0.15) is 27.7 Å². The number of aliphatic hydroxyl groups is 22. The molecule has 0 aromatic carbocycles. The van der Waals surface area contributed by atoms with Crippen LogP contribution in [0.4, 0.5) is 0 Å². The minimum absolute atomic E-state index is 0.913. The molecule has 2 amide bonds. The summed E-state index contributed by atoms with van der Waals surface area (Å²) in [6.07, 6.45) is -75.1. The molecule has 540 valence electrons. The third kappa shape index (κ3) is 16.4. The summed E-state index contributed by atoms with van der Waals surface area (Å²) < 4.78 is 89.1. The Labute approximate surface area is 527 Å². The zero-order valence-electron chi connectivity index (χ0n) is 50.1. The quantitative estimate of drug-likeness (QED) is 0.0479. The molecule has 8 rings (SSSR count). The predicted molar refractivity (Wildman–Crippen MR) is 285 cm³/mol. The molecule has 8 saturated heterocycles. The number of carbonyl (C=O) groups excluding carboxylic acids is 2. The Kier molecular flexibility index (Phi) is 26.7. The van der Waals surface area contributed by atoms with Gasteiger partial charge < -0.3 is 194 Å². The molecule has 24 N–H and O–H groups in total. The van der Waals surface area contributed by atoms with E-state index >= 15 is 0 Å². The molecule has 8 heterocycles. The normalized spacial score (nSPS) is 51.6. The topological polar surface area (TPSA) is 642 Å². The highest BCUT2D eigenvalue weighted by molar-refractivity contribution is 5.73. The Bertz CT molecular complexity index is 2350. The van der Waals surface area contributed by atoms with Gasteiger partial charge in [0.1, 0.15) is 183 Å². The molecular weight excluding hydrogens is 1280 g/mol. The lowest BCUT2D eigenvalue weighted by Gasteiger charge is -2.52. The van der Waals surface area contributed by atoms with Gasteiger partial charge in [-0.25, -0.2) is 0 Å². The molecule has 0 bridgehead atoms. The lowest BCUT2D eigenvalue weighted by molar-refractivity contribution is -0.394. The summed E-state index contributed by atoms with van der Waals surface area (Å²) in [6, 6.07) is -3.82. The van der Waals surface area contributed by atoms with Gasteiger partial charge in [0.15, 0.2) is 50.3 Å². The van der Waals surface area contributed by atoms with Gasteiger partial charge in [-0.05, 0) is 13.8 Å². The zero-order chi connectivity index (χ0) is 68.5. The molecule has 8 fully saturated rings. The van der Waals surface area contributed by atoms with E-state index in [0.29, 0.717) is 0 Å². The Hall–Kier alpha value is -2.54. The number of ether oxygens (including phenoxy) is 15. The highest BCUT2D eigenvalue weighted by atomic mass is 16.8. The average molecular weight is 1370 g/mol. The van der Waals surface area contributed by atoms with Crippen molar-refractivity contribution in [2.45, 2.75) is 273 Å². The van der Waals surface area contributed by atoms with Crippen LogP contribution in [0.25, 0.3) is 0 Å². The first-order chi connectivity index (χ1) is 43.9. The summed E-state index contributed by atoms with van der Waals surface area (Å²) in [4.78, 5) is 26.5. The van der Waals surface area contributed by atoms with Gasteiger partial charge in [0.05, 0.1) is 51.8 Å². The van der Waals surface area contributed by atoms with Gasteiger partial charge >= 0.3 is 0 Å². The smallest absolute Gasteiger partial charge is 0.217 e. The molecule has 8 aliphatic rings. The number of nitrogens with one attached hydrogen (secondary N) is 2. The third-order valence-corrected chi connectivity index (χ3v) is 17.4. The number of hydrogen-bond donors (Lipinski definition) is 24. The first-order valence-corrected chi connectivity index (χ1v) is 29.9. The Morgan fingerprint density at radius 2 is 0.624 bits per heavy atom. The molecule has 0 radical (unpaired) electrons. The van der Waals surface area contributed by atoms with Gasteiger partial charge in [0, 0.05) is 13.8 Å². The van der Waals surface area contributed by atoms with Crippen LogP contribution < -0.4 is 10.6 Å². The van der Waals surface area contributed by atoms with Crippen molar-refractivity contribution in [3.8, 4) is 0 Å². The second-order valence-electron chi connectivity index (χ2n) is 23.9. The summed E-state index contributed by atoms with van der Waals surface area (Å²) in [6.45, 7) is -1.88. The SMILES string of the molecule is CC(=O)N[C@H]1[C@H](O[C@H]2[C@@H](O)[C@@H](CO[C@@H]3O[C@H](CO)[C@@H](O[C@@H]4O[C@H](CO)[C@H](O)[C@H](O)[C@H]4O)[C@H](O[C@H]4O[C@H](C)[C@H](O)[C@H](O)[C@H]4O)[C@H]3NC(C)=O)O[C@@H](O[C@H]3[C@H](O)[C@@H](O)C(O)O[C@@H]3CO)[C@@H]2O)O[C@H](CO)[C@@H](O[C@H]2O[C@H](C)[C@H](O)[C@H](O)[C@H]2O)[C@@H]1O[C@@H]1O[C@H](CO)[C@H](O)[C@H](O)[C@H]1O. The maximum absolute atomic E-state index is 13.3. The lowest BCUT2D eigenvalue weighted by atomic mass is 9.93. The highest BCUT2D eigenvalue weighted by Gasteiger charge is 2.60. The highest BCUT2D eigenvalue weighted by Crippen LogP contribution is 2.39. The van der Waals surface area contributed by atoms with Gasteiger partial charge in [-0.15, -0.1) is 0 Å². The zero-order valence-corrected chi connectivity index (χ0v) is 50.1. The molecule has 41 heteroatoms. The molecular formula is C52H88N2O39. The van der Waals surface area contributed by atoms with Gasteiger partial charge in [-0.1, -0.05) is 0 Å². The maximum Gasteiger partial charge on any atom is 0.217 e. The summed E-state index contributed by atoms with van der Waals surface area (Å²) in [5.41, 5.74) is 0. The molecule has 0 spiro atoms. The number of hydrogen-bond acceptors (Lipinski definition) is 39. The van der Waals surface area contributed by atoms with Crippen molar-refractivity contribution in [1.29, 1.82) is 0 Å². The summed E-state index contributed by atoms with van der Waals surface area (Å²) >= 11 is 0. The average Bonchev–Trinajstić information content (AvgIpc) is 0.773. The standard InChI is InChI=1S/C52H88N2O39/c1-11-23(62)28(67)34(73)48(80-11)89-41-19(9-59)86-47(22(54-14(4)61)43(41)92-51-37(76)31(70)26(65)16(6-56)84-51)93-44-27(66)20(87-52(38(44)77)88-39-17(7-57)82-45(78)33(72)32(39)71)10-79-46-21(53-13(3)60)42(91-49-35(74)29(68)24(63)12(2)81-49)40(18(8-58)85-46)90-50-36(75)30(69)25(64)15(5-55)83-50/h11-12,15-52,55-59,62-78H,5-10H2,1-4H3,(H,53,60)(H,54,61)/t11-,12-,15-,16-,17-,18-,19-,20-,21-,22-,23+,24+,25+,26+,27+,28+,29+,30+,31+,32-,33-,34-,35-,36-,37-,38-,39-,40-,41-,42-,43-,44+,45?,46-,47+,48-,49-,50+,51+,52+/m1/s1. The largest absolute Gasteiger partial charge is 0.394 e. The first kappa shape index (κ1) is 76.2. The summed E-state index contributed by atoms with van der Waals surface area (Å²) in [5, 5.41) is 244. The van der Waals surface area contributed by atoms with Gasteiger partial charge in [-0.2, -0.15) is 0 Å². The van der Waals surface area contributed by atoms with Crippen molar-refractivity contribution < 1.29 is 193 Å². The summed E-state index contributed by atoms with van der Waals surface area (Å²) in [7, 11) is 0. The molecule has 1 unspecified atom stereocenters. The maximum atomic E-state index is 13.3. The van der Waals surface area contributed by atoms with E-state index in [1.807, 2.05) is 0 Å². The van der Waals surface area contributed by atoms with Crippen LogP contribution in [0.5, 0.6) is 0 Å². The fourth-order valence-electron chi connectivity index (χ4n) is 12.1. The number of amides is 2. The minimum Gasteiger partial charge on any atom is -0.394 e. The Morgan fingerprint density at radius 3 is 1.04 bits per heavy atom. The molecule has 0 aromatic rings. The van der Waals surface area contributed by atoms with E-state index in [1.165, 1.54) is 13.8 Å². The monoisotopic (exact) mass is 1360 g/mol. The van der Waals surface area contributed by atoms with Crippen LogP contribution in [0, 0.1) is 0 Å². The molecule has 8 aliphatic heterocycles. The van der Waals surface area contributed by atoms with Crippen LogP contribution >= 0.6 is 0 Å². The Balaban J connectivity index is 1.17. The van der Waals surface area contributed by atoms with E-state index in [1.54, 1.807) is 0 Å². The summed E-state index contributed by atoms with van der Waals surface area (Å²) in [5.74, 6) is -1.88. The second-order valence-corrected chi connectivity index (χ2v) is 23.9. The van der Waals surface area contributed by atoms with Crippen molar-refractivity contribution in [3.05, 3.63) is 0 Å². The lowest BCUT2D eigenvalue weighted by Crippen LogP contribution is -2.71. The van der Waals surface area contributed by atoms with Crippen molar-refractivity contribution in [3.63, 3.8) is 0 Å². The molecule has 41 nitrogen and oxygen atoms in total.